The van der Waals surface area contributed by atoms with Crippen LogP contribution in [0.3, 0.4) is 0 Å². The molecule has 0 spiro atoms. The molecule has 16 heavy (non-hydrogen) atoms. The highest BCUT2D eigenvalue weighted by Gasteiger charge is 2.02. The molecule has 0 bridgehead atoms. The van der Waals surface area contributed by atoms with Crippen molar-refractivity contribution in [3.8, 4) is 0 Å². The molecule has 0 radical (unpaired) electrons. The summed E-state index contributed by atoms with van der Waals surface area (Å²) in [6.07, 6.45) is 7.18. The number of rotatable bonds is 2. The van der Waals surface area contributed by atoms with Crippen molar-refractivity contribution in [2.24, 2.45) is 7.05 Å². The summed E-state index contributed by atoms with van der Waals surface area (Å²) in [6, 6.07) is 1.91. The van der Waals surface area contributed by atoms with Crippen LogP contribution >= 0.6 is 0 Å². The van der Waals surface area contributed by atoms with Crippen LogP contribution in [0.15, 0.2) is 30.9 Å². The van der Waals surface area contributed by atoms with Crippen LogP contribution in [-0.4, -0.2) is 24.7 Å². The van der Waals surface area contributed by atoms with Crippen molar-refractivity contribution in [3.05, 3.63) is 30.9 Å². The van der Waals surface area contributed by atoms with Crippen molar-refractivity contribution in [2.75, 3.05) is 5.32 Å². The SMILES string of the molecule is Cn1cc(Nc2ncc3[nH]ccc3n2)cn1. The van der Waals surface area contributed by atoms with E-state index in [0.717, 1.165) is 16.7 Å². The second kappa shape index (κ2) is 3.34. The quantitative estimate of drug-likeness (QED) is 0.677. The van der Waals surface area contributed by atoms with Gasteiger partial charge in [-0.2, -0.15) is 5.10 Å². The minimum Gasteiger partial charge on any atom is -0.359 e. The van der Waals surface area contributed by atoms with Crippen LogP contribution in [0.4, 0.5) is 11.6 Å². The Morgan fingerprint density at radius 3 is 3.12 bits per heavy atom. The van der Waals surface area contributed by atoms with Gasteiger partial charge in [0.15, 0.2) is 0 Å². The number of nitrogens with one attached hydrogen (secondary N) is 2. The lowest BCUT2D eigenvalue weighted by Crippen LogP contribution is -1.95. The average molecular weight is 214 g/mol. The van der Waals surface area contributed by atoms with Crippen molar-refractivity contribution in [1.82, 2.24) is 24.7 Å². The largest absolute Gasteiger partial charge is 0.359 e. The Hall–Kier alpha value is -2.37. The van der Waals surface area contributed by atoms with E-state index in [-0.39, 0.29) is 0 Å². The molecule has 0 aliphatic rings. The van der Waals surface area contributed by atoms with Crippen LogP contribution in [0, 0.1) is 0 Å². The van der Waals surface area contributed by atoms with E-state index < -0.39 is 0 Å². The number of aromatic amines is 1. The Kier molecular flexibility index (Phi) is 1.86. The number of H-pyrrole nitrogens is 1. The van der Waals surface area contributed by atoms with Gasteiger partial charge in [-0.25, -0.2) is 9.97 Å². The van der Waals surface area contributed by atoms with E-state index >= 15 is 0 Å². The molecule has 0 aliphatic carbocycles. The smallest absolute Gasteiger partial charge is 0.227 e. The summed E-state index contributed by atoms with van der Waals surface area (Å²) >= 11 is 0. The van der Waals surface area contributed by atoms with Crippen molar-refractivity contribution < 1.29 is 0 Å². The van der Waals surface area contributed by atoms with Crippen molar-refractivity contribution in [1.29, 1.82) is 0 Å². The van der Waals surface area contributed by atoms with Gasteiger partial charge in [0.2, 0.25) is 5.95 Å². The van der Waals surface area contributed by atoms with Gasteiger partial charge in [0, 0.05) is 19.4 Å². The summed E-state index contributed by atoms with van der Waals surface area (Å²) < 4.78 is 1.72. The van der Waals surface area contributed by atoms with Gasteiger partial charge in [-0.1, -0.05) is 0 Å². The van der Waals surface area contributed by atoms with Crippen molar-refractivity contribution >= 4 is 22.7 Å². The van der Waals surface area contributed by atoms with Gasteiger partial charge < -0.3 is 10.3 Å². The lowest BCUT2D eigenvalue weighted by Gasteiger charge is -2.00. The van der Waals surface area contributed by atoms with Crippen LogP contribution in [0.2, 0.25) is 0 Å². The minimum absolute atomic E-state index is 0.570. The highest BCUT2D eigenvalue weighted by atomic mass is 15.3. The predicted octanol–water partition coefficient (Wildman–Crippen LogP) is 1.43. The molecule has 6 nitrogen and oxygen atoms in total. The minimum atomic E-state index is 0.570. The third-order valence-electron chi connectivity index (χ3n) is 2.26. The number of nitrogens with zero attached hydrogens (tertiary/aromatic N) is 4. The van der Waals surface area contributed by atoms with E-state index in [1.807, 2.05) is 25.5 Å². The zero-order valence-electron chi connectivity index (χ0n) is 8.68. The fraction of sp³-hybridized carbons (Fsp3) is 0.100. The maximum Gasteiger partial charge on any atom is 0.227 e. The molecular weight excluding hydrogens is 204 g/mol. The van der Waals surface area contributed by atoms with Crippen molar-refractivity contribution in [3.63, 3.8) is 0 Å². The Bertz CT molecular complexity index is 623. The molecule has 3 heterocycles. The summed E-state index contributed by atoms with van der Waals surface area (Å²) in [5.41, 5.74) is 2.69. The molecule has 0 unspecified atom stereocenters. The van der Waals surface area contributed by atoms with Gasteiger partial charge in [0.1, 0.15) is 0 Å². The predicted molar refractivity (Wildman–Crippen MR) is 60.4 cm³/mol. The first-order valence-electron chi connectivity index (χ1n) is 4.87. The van der Waals surface area contributed by atoms with Crippen LogP contribution in [-0.2, 0) is 7.05 Å². The zero-order chi connectivity index (χ0) is 11.0. The first-order chi connectivity index (χ1) is 7.81. The second-order valence-electron chi connectivity index (χ2n) is 3.50. The molecular formula is C10H10N6. The Morgan fingerprint density at radius 2 is 2.31 bits per heavy atom. The molecule has 0 saturated heterocycles. The molecule has 2 N–H and O–H groups in total. The van der Waals surface area contributed by atoms with E-state index in [9.17, 15) is 0 Å². The fourth-order valence-corrected chi connectivity index (χ4v) is 1.52. The summed E-state index contributed by atoms with van der Waals surface area (Å²) in [7, 11) is 1.86. The number of fused-ring (bicyclic) bond motifs is 1. The highest BCUT2D eigenvalue weighted by molar-refractivity contribution is 5.75. The second-order valence-corrected chi connectivity index (χ2v) is 3.50. The molecule has 0 amide bonds. The lowest BCUT2D eigenvalue weighted by molar-refractivity contribution is 0.768. The Morgan fingerprint density at radius 1 is 1.38 bits per heavy atom. The number of anilines is 2. The third-order valence-corrected chi connectivity index (χ3v) is 2.26. The number of hydrogen-bond acceptors (Lipinski definition) is 4. The molecule has 0 aromatic carbocycles. The van der Waals surface area contributed by atoms with Crippen LogP contribution in [0.5, 0.6) is 0 Å². The summed E-state index contributed by atoms with van der Waals surface area (Å²) in [6.45, 7) is 0. The molecule has 0 saturated carbocycles. The van der Waals surface area contributed by atoms with Gasteiger partial charge in [-0.3, -0.25) is 4.68 Å². The number of aromatic nitrogens is 5. The molecule has 0 atom stereocenters. The van der Waals surface area contributed by atoms with E-state index in [0.29, 0.717) is 5.95 Å². The molecule has 0 aliphatic heterocycles. The van der Waals surface area contributed by atoms with Crippen LogP contribution in [0.25, 0.3) is 11.0 Å². The fourth-order valence-electron chi connectivity index (χ4n) is 1.52. The Balaban J connectivity index is 1.94. The van der Waals surface area contributed by atoms with E-state index in [4.69, 9.17) is 0 Å². The monoisotopic (exact) mass is 214 g/mol. The van der Waals surface area contributed by atoms with Gasteiger partial charge in [0.05, 0.1) is 29.1 Å². The van der Waals surface area contributed by atoms with Crippen LogP contribution in [0.1, 0.15) is 0 Å². The molecule has 3 aromatic heterocycles. The Labute approximate surface area is 91.3 Å². The van der Waals surface area contributed by atoms with E-state index in [1.54, 1.807) is 17.1 Å². The topological polar surface area (TPSA) is 71.4 Å². The summed E-state index contributed by atoms with van der Waals surface area (Å²) in [5, 5.41) is 7.14. The molecule has 0 fully saturated rings. The molecule has 80 valence electrons. The van der Waals surface area contributed by atoms with Gasteiger partial charge in [0.25, 0.3) is 0 Å². The maximum atomic E-state index is 4.35. The number of aryl methyl sites for hydroxylation is 1. The lowest BCUT2D eigenvalue weighted by atomic mass is 10.4. The van der Waals surface area contributed by atoms with Gasteiger partial charge >= 0.3 is 0 Å². The van der Waals surface area contributed by atoms with Gasteiger partial charge in [-0.05, 0) is 6.07 Å². The van der Waals surface area contributed by atoms with Crippen LogP contribution < -0.4 is 5.32 Å². The first kappa shape index (κ1) is 8.90. The highest BCUT2D eigenvalue weighted by Crippen LogP contribution is 2.14. The summed E-state index contributed by atoms with van der Waals surface area (Å²) in [5.74, 6) is 0.570. The molecule has 6 heteroatoms. The normalized spacial score (nSPS) is 10.8. The van der Waals surface area contributed by atoms with E-state index in [1.165, 1.54) is 0 Å². The molecule has 3 rings (SSSR count). The summed E-state index contributed by atoms with van der Waals surface area (Å²) in [4.78, 5) is 11.6. The maximum absolute atomic E-state index is 4.35. The van der Waals surface area contributed by atoms with Gasteiger partial charge in [-0.15, -0.1) is 0 Å². The number of hydrogen-bond donors (Lipinski definition) is 2. The zero-order valence-corrected chi connectivity index (χ0v) is 8.68. The standard InChI is InChI=1S/C10H10N6/c1-16-6-7(4-13-16)14-10-12-5-9-8(15-10)2-3-11-9/h2-6,11H,1H3,(H,12,14,15). The van der Waals surface area contributed by atoms with Crippen molar-refractivity contribution in [2.45, 2.75) is 0 Å². The average Bonchev–Trinajstić information content (AvgIpc) is 2.87. The van der Waals surface area contributed by atoms with E-state index in [2.05, 4.69) is 25.4 Å². The molecule has 3 aromatic rings. The third kappa shape index (κ3) is 1.50. The first-order valence-corrected chi connectivity index (χ1v) is 4.87.